The standard InChI is InChI=1S/C16H18N2O4S/c1-3-22-10(2)15-18-9-13(23-15)14(19)17-8-11-4-6-12(7-5-11)16(20)21/h4-7,9-10H,3,8H2,1-2H3,(H,17,19)(H,20,21). The molecule has 0 radical (unpaired) electrons. The van der Waals surface area contributed by atoms with Gasteiger partial charge in [-0.05, 0) is 31.5 Å². The van der Waals surface area contributed by atoms with Crippen molar-refractivity contribution in [2.75, 3.05) is 6.61 Å². The molecule has 0 saturated carbocycles. The van der Waals surface area contributed by atoms with E-state index in [1.54, 1.807) is 18.3 Å². The number of thiazole rings is 1. The van der Waals surface area contributed by atoms with E-state index < -0.39 is 5.97 Å². The number of carboxylic acids is 1. The normalized spacial score (nSPS) is 11.9. The van der Waals surface area contributed by atoms with Crippen LogP contribution in [0.4, 0.5) is 0 Å². The number of nitrogens with one attached hydrogen (secondary N) is 1. The summed E-state index contributed by atoms with van der Waals surface area (Å²) in [6, 6.07) is 6.38. The summed E-state index contributed by atoms with van der Waals surface area (Å²) in [5, 5.41) is 12.4. The van der Waals surface area contributed by atoms with Gasteiger partial charge in [0.15, 0.2) is 0 Å². The maximum absolute atomic E-state index is 12.1. The van der Waals surface area contributed by atoms with Crippen LogP contribution in [0.5, 0.6) is 0 Å². The molecule has 0 aliphatic carbocycles. The Balaban J connectivity index is 1.93. The summed E-state index contributed by atoms with van der Waals surface area (Å²) < 4.78 is 5.45. The van der Waals surface area contributed by atoms with Crippen molar-refractivity contribution >= 4 is 23.2 Å². The van der Waals surface area contributed by atoms with Crippen LogP contribution in [0.25, 0.3) is 0 Å². The molecule has 2 N–H and O–H groups in total. The zero-order valence-electron chi connectivity index (χ0n) is 12.9. The highest BCUT2D eigenvalue weighted by Gasteiger charge is 2.14. The monoisotopic (exact) mass is 334 g/mol. The molecule has 2 rings (SSSR count). The molecule has 0 aliphatic rings. The highest BCUT2D eigenvalue weighted by molar-refractivity contribution is 7.13. The number of hydrogen-bond acceptors (Lipinski definition) is 5. The van der Waals surface area contributed by atoms with E-state index in [1.807, 2.05) is 13.8 Å². The Morgan fingerprint density at radius 2 is 2.04 bits per heavy atom. The third-order valence-electron chi connectivity index (χ3n) is 3.17. The van der Waals surface area contributed by atoms with E-state index in [0.717, 1.165) is 10.6 Å². The highest BCUT2D eigenvalue weighted by atomic mass is 32.1. The molecule has 7 heteroatoms. The van der Waals surface area contributed by atoms with Gasteiger partial charge in [0.2, 0.25) is 0 Å². The van der Waals surface area contributed by atoms with E-state index in [-0.39, 0.29) is 17.6 Å². The fourth-order valence-corrected chi connectivity index (χ4v) is 2.77. The third-order valence-corrected chi connectivity index (χ3v) is 4.32. The number of amides is 1. The van der Waals surface area contributed by atoms with Gasteiger partial charge in [-0.1, -0.05) is 12.1 Å². The summed E-state index contributed by atoms with van der Waals surface area (Å²) in [4.78, 5) is 27.6. The Labute approximate surface area is 138 Å². The lowest BCUT2D eigenvalue weighted by Crippen LogP contribution is -2.21. The smallest absolute Gasteiger partial charge is 0.335 e. The van der Waals surface area contributed by atoms with Crippen LogP contribution in [0.15, 0.2) is 30.5 Å². The van der Waals surface area contributed by atoms with Gasteiger partial charge in [-0.25, -0.2) is 9.78 Å². The number of aromatic nitrogens is 1. The summed E-state index contributed by atoms with van der Waals surface area (Å²) in [6.45, 7) is 4.73. The molecule has 0 fully saturated rings. The second-order valence-corrected chi connectivity index (χ2v) is 5.91. The number of hydrogen-bond donors (Lipinski definition) is 2. The molecule has 1 amide bonds. The number of carbonyl (C=O) groups excluding carboxylic acids is 1. The van der Waals surface area contributed by atoms with Gasteiger partial charge in [-0.2, -0.15) is 0 Å². The summed E-state index contributed by atoms with van der Waals surface area (Å²) in [5.74, 6) is -1.18. The molecule has 23 heavy (non-hydrogen) atoms. The van der Waals surface area contributed by atoms with E-state index in [2.05, 4.69) is 10.3 Å². The Morgan fingerprint density at radius 3 is 2.65 bits per heavy atom. The topological polar surface area (TPSA) is 88.5 Å². The maximum atomic E-state index is 12.1. The molecular formula is C16H18N2O4S. The number of aromatic carboxylic acids is 1. The molecule has 2 aromatic rings. The van der Waals surface area contributed by atoms with Crippen molar-refractivity contribution in [2.45, 2.75) is 26.5 Å². The Bertz CT molecular complexity index is 682. The maximum Gasteiger partial charge on any atom is 0.335 e. The fraction of sp³-hybridized carbons (Fsp3) is 0.312. The minimum atomic E-state index is -0.971. The van der Waals surface area contributed by atoms with Crippen LogP contribution in [0.1, 0.15) is 50.6 Å². The van der Waals surface area contributed by atoms with Gasteiger partial charge < -0.3 is 15.2 Å². The predicted molar refractivity (Wildman–Crippen MR) is 86.7 cm³/mol. The quantitative estimate of drug-likeness (QED) is 0.813. The minimum absolute atomic E-state index is 0.130. The van der Waals surface area contributed by atoms with Crippen molar-refractivity contribution < 1.29 is 19.4 Å². The average molecular weight is 334 g/mol. The van der Waals surface area contributed by atoms with Crippen LogP contribution in [-0.4, -0.2) is 28.6 Å². The second kappa shape index (κ2) is 7.85. The predicted octanol–water partition coefficient (Wildman–Crippen LogP) is 2.87. The van der Waals surface area contributed by atoms with Crippen molar-refractivity contribution in [2.24, 2.45) is 0 Å². The summed E-state index contributed by atoms with van der Waals surface area (Å²) >= 11 is 1.30. The Hall–Kier alpha value is -2.25. The first kappa shape index (κ1) is 17.1. The molecular weight excluding hydrogens is 316 g/mol. The van der Waals surface area contributed by atoms with E-state index >= 15 is 0 Å². The summed E-state index contributed by atoms with van der Waals surface area (Å²) in [6.07, 6.45) is 1.41. The van der Waals surface area contributed by atoms with Gasteiger partial charge in [0.25, 0.3) is 5.91 Å². The zero-order chi connectivity index (χ0) is 16.8. The molecule has 1 aromatic carbocycles. The van der Waals surface area contributed by atoms with Crippen molar-refractivity contribution in [1.29, 1.82) is 0 Å². The van der Waals surface area contributed by atoms with Gasteiger partial charge in [0.05, 0.1) is 11.8 Å². The molecule has 1 heterocycles. The van der Waals surface area contributed by atoms with Crippen molar-refractivity contribution in [3.8, 4) is 0 Å². The van der Waals surface area contributed by atoms with Gasteiger partial charge in [0, 0.05) is 13.2 Å². The first-order valence-electron chi connectivity index (χ1n) is 7.19. The van der Waals surface area contributed by atoms with Crippen molar-refractivity contribution in [1.82, 2.24) is 10.3 Å². The van der Waals surface area contributed by atoms with E-state index in [9.17, 15) is 9.59 Å². The number of benzene rings is 1. The van der Waals surface area contributed by atoms with Crippen LogP contribution in [0, 0.1) is 0 Å². The number of carbonyl (C=O) groups is 2. The largest absolute Gasteiger partial charge is 0.478 e. The van der Waals surface area contributed by atoms with E-state index in [0.29, 0.717) is 18.0 Å². The molecule has 1 unspecified atom stereocenters. The van der Waals surface area contributed by atoms with Gasteiger partial charge in [-0.3, -0.25) is 4.79 Å². The lowest BCUT2D eigenvalue weighted by atomic mass is 10.1. The molecule has 0 spiro atoms. The highest BCUT2D eigenvalue weighted by Crippen LogP contribution is 2.22. The molecule has 1 atom stereocenters. The average Bonchev–Trinajstić information content (AvgIpc) is 3.03. The van der Waals surface area contributed by atoms with Gasteiger partial charge in [-0.15, -0.1) is 11.3 Å². The number of nitrogens with zero attached hydrogens (tertiary/aromatic N) is 1. The number of ether oxygens (including phenoxy) is 1. The second-order valence-electron chi connectivity index (χ2n) is 4.85. The zero-order valence-corrected chi connectivity index (χ0v) is 13.7. The number of carboxylic acid groups (broad SMARTS) is 1. The lowest BCUT2D eigenvalue weighted by molar-refractivity contribution is 0.0696. The fourth-order valence-electron chi connectivity index (χ4n) is 1.94. The number of rotatable bonds is 7. The molecule has 0 bridgehead atoms. The summed E-state index contributed by atoms with van der Waals surface area (Å²) in [7, 11) is 0. The van der Waals surface area contributed by atoms with Crippen LogP contribution < -0.4 is 5.32 Å². The van der Waals surface area contributed by atoms with Gasteiger partial charge >= 0.3 is 5.97 Å². The van der Waals surface area contributed by atoms with Gasteiger partial charge in [0.1, 0.15) is 16.0 Å². The molecule has 0 saturated heterocycles. The van der Waals surface area contributed by atoms with Crippen LogP contribution >= 0.6 is 11.3 Å². The molecule has 1 aromatic heterocycles. The lowest BCUT2D eigenvalue weighted by Gasteiger charge is -2.07. The summed E-state index contributed by atoms with van der Waals surface area (Å²) in [5.41, 5.74) is 1.05. The molecule has 6 nitrogen and oxygen atoms in total. The van der Waals surface area contributed by atoms with Crippen LogP contribution in [0.3, 0.4) is 0 Å². The van der Waals surface area contributed by atoms with E-state index in [1.165, 1.54) is 23.5 Å². The Morgan fingerprint density at radius 1 is 1.35 bits per heavy atom. The van der Waals surface area contributed by atoms with Crippen molar-refractivity contribution in [3.63, 3.8) is 0 Å². The van der Waals surface area contributed by atoms with Crippen LogP contribution in [-0.2, 0) is 11.3 Å². The molecule has 0 aliphatic heterocycles. The van der Waals surface area contributed by atoms with Crippen LogP contribution in [0.2, 0.25) is 0 Å². The minimum Gasteiger partial charge on any atom is -0.478 e. The van der Waals surface area contributed by atoms with Crippen molar-refractivity contribution in [3.05, 3.63) is 51.5 Å². The molecule has 122 valence electrons. The first-order valence-corrected chi connectivity index (χ1v) is 8.00. The third kappa shape index (κ3) is 4.61. The SMILES string of the molecule is CCOC(C)c1ncc(C(=O)NCc2ccc(C(=O)O)cc2)s1. The van der Waals surface area contributed by atoms with E-state index in [4.69, 9.17) is 9.84 Å². The Kier molecular flexibility index (Phi) is 5.84. The first-order chi connectivity index (χ1) is 11.0.